The Hall–Kier alpha value is -0.460. The van der Waals surface area contributed by atoms with Crippen molar-refractivity contribution in [3.05, 3.63) is 0 Å². The largest absolute Gasteiger partial charge is 0.385 e. The zero-order valence-corrected chi connectivity index (χ0v) is 10.7. The SMILES string of the molecule is COCCCN=C(NN)NC1CCCSC1. The summed E-state index contributed by atoms with van der Waals surface area (Å²) < 4.78 is 4.96. The van der Waals surface area contributed by atoms with Crippen molar-refractivity contribution < 1.29 is 4.74 Å². The summed E-state index contributed by atoms with van der Waals surface area (Å²) in [6.07, 6.45) is 3.39. The first kappa shape index (κ1) is 13.6. The minimum atomic E-state index is 0.496. The van der Waals surface area contributed by atoms with E-state index in [2.05, 4.69) is 15.7 Å². The maximum atomic E-state index is 5.42. The molecule has 0 aliphatic carbocycles. The van der Waals surface area contributed by atoms with Crippen LogP contribution in [0.1, 0.15) is 19.3 Å². The molecule has 1 fully saturated rings. The maximum absolute atomic E-state index is 5.42. The number of nitrogens with zero attached hydrogens (tertiary/aromatic N) is 1. The fourth-order valence-electron chi connectivity index (χ4n) is 1.58. The number of hydrogen-bond donors (Lipinski definition) is 3. The molecule has 0 spiro atoms. The van der Waals surface area contributed by atoms with Gasteiger partial charge in [-0.2, -0.15) is 11.8 Å². The number of rotatable bonds is 5. The lowest BCUT2D eigenvalue weighted by molar-refractivity contribution is 0.197. The second-order valence-electron chi connectivity index (χ2n) is 3.78. The van der Waals surface area contributed by atoms with E-state index in [0.29, 0.717) is 12.0 Å². The van der Waals surface area contributed by atoms with E-state index in [1.807, 2.05) is 11.8 Å². The first-order valence-corrected chi connectivity index (χ1v) is 6.86. The molecule has 0 bridgehead atoms. The molecule has 1 heterocycles. The van der Waals surface area contributed by atoms with Crippen molar-refractivity contribution in [2.75, 3.05) is 31.8 Å². The summed E-state index contributed by atoms with van der Waals surface area (Å²) in [4.78, 5) is 4.35. The Kier molecular flexibility index (Phi) is 7.37. The zero-order chi connectivity index (χ0) is 11.6. The van der Waals surface area contributed by atoms with Crippen LogP contribution in [0.15, 0.2) is 4.99 Å². The van der Waals surface area contributed by atoms with Gasteiger partial charge in [-0.1, -0.05) is 0 Å². The van der Waals surface area contributed by atoms with E-state index < -0.39 is 0 Å². The number of methoxy groups -OCH3 is 1. The van der Waals surface area contributed by atoms with Gasteiger partial charge in [0.05, 0.1) is 0 Å². The third-order valence-corrected chi connectivity index (χ3v) is 3.63. The van der Waals surface area contributed by atoms with E-state index in [1.165, 1.54) is 18.6 Å². The quantitative estimate of drug-likeness (QED) is 0.214. The second kappa shape index (κ2) is 8.66. The Morgan fingerprint density at radius 1 is 1.62 bits per heavy atom. The highest BCUT2D eigenvalue weighted by molar-refractivity contribution is 7.99. The molecular weight excluding hydrogens is 224 g/mol. The predicted molar refractivity (Wildman–Crippen MR) is 69.6 cm³/mol. The van der Waals surface area contributed by atoms with Crippen molar-refractivity contribution in [2.45, 2.75) is 25.3 Å². The maximum Gasteiger partial charge on any atom is 0.205 e. The number of thioether (sulfide) groups is 1. The minimum absolute atomic E-state index is 0.496. The van der Waals surface area contributed by atoms with Crippen LogP contribution in [0.4, 0.5) is 0 Å². The van der Waals surface area contributed by atoms with Crippen molar-refractivity contribution in [1.29, 1.82) is 0 Å². The fourth-order valence-corrected chi connectivity index (χ4v) is 2.65. The molecule has 94 valence electrons. The van der Waals surface area contributed by atoms with Gasteiger partial charge in [-0.25, -0.2) is 5.84 Å². The standard InChI is InChI=1S/C10H22N4OS/c1-15-6-3-5-12-10(14-11)13-9-4-2-7-16-8-9/h9H,2-8,11H2,1H3,(H2,12,13,14). The van der Waals surface area contributed by atoms with Gasteiger partial charge in [-0.3, -0.25) is 10.4 Å². The molecule has 0 saturated carbocycles. The van der Waals surface area contributed by atoms with Crippen LogP contribution in [0, 0.1) is 0 Å². The van der Waals surface area contributed by atoms with E-state index in [0.717, 1.165) is 25.3 Å². The topological polar surface area (TPSA) is 71.7 Å². The molecule has 1 saturated heterocycles. The average molecular weight is 246 g/mol. The van der Waals surface area contributed by atoms with Crippen LogP contribution in [-0.4, -0.2) is 43.8 Å². The van der Waals surface area contributed by atoms with Crippen molar-refractivity contribution in [3.63, 3.8) is 0 Å². The summed E-state index contributed by atoms with van der Waals surface area (Å²) in [7, 11) is 1.70. The number of aliphatic imine (C=N–C) groups is 1. The fraction of sp³-hybridized carbons (Fsp3) is 0.900. The Bertz CT molecular complexity index is 207. The van der Waals surface area contributed by atoms with Crippen LogP contribution in [0.5, 0.6) is 0 Å². The molecule has 1 rings (SSSR count). The van der Waals surface area contributed by atoms with Crippen LogP contribution in [0.2, 0.25) is 0 Å². The second-order valence-corrected chi connectivity index (χ2v) is 4.93. The van der Waals surface area contributed by atoms with Crippen LogP contribution in [0.25, 0.3) is 0 Å². The first-order chi connectivity index (χ1) is 7.86. The van der Waals surface area contributed by atoms with Gasteiger partial charge in [0.1, 0.15) is 0 Å². The van der Waals surface area contributed by atoms with Gasteiger partial charge >= 0.3 is 0 Å². The van der Waals surface area contributed by atoms with E-state index in [1.54, 1.807) is 7.11 Å². The van der Waals surface area contributed by atoms with Crippen LogP contribution >= 0.6 is 11.8 Å². The molecule has 1 aliphatic heterocycles. The van der Waals surface area contributed by atoms with E-state index in [-0.39, 0.29) is 0 Å². The Morgan fingerprint density at radius 3 is 3.12 bits per heavy atom. The van der Waals surface area contributed by atoms with E-state index in [9.17, 15) is 0 Å². The molecule has 0 radical (unpaired) electrons. The Morgan fingerprint density at radius 2 is 2.50 bits per heavy atom. The van der Waals surface area contributed by atoms with Crippen molar-refractivity contribution in [2.24, 2.45) is 10.8 Å². The third kappa shape index (κ3) is 5.58. The van der Waals surface area contributed by atoms with Crippen LogP contribution < -0.4 is 16.6 Å². The summed E-state index contributed by atoms with van der Waals surface area (Å²) in [5, 5.41) is 3.33. The minimum Gasteiger partial charge on any atom is -0.385 e. The zero-order valence-electron chi connectivity index (χ0n) is 9.87. The van der Waals surface area contributed by atoms with Gasteiger partial charge in [0.2, 0.25) is 5.96 Å². The van der Waals surface area contributed by atoms with Crippen LogP contribution in [-0.2, 0) is 4.74 Å². The number of hydrogen-bond acceptors (Lipinski definition) is 4. The van der Waals surface area contributed by atoms with Gasteiger partial charge in [-0.15, -0.1) is 0 Å². The summed E-state index contributed by atoms with van der Waals surface area (Å²) in [6.45, 7) is 1.47. The molecule has 16 heavy (non-hydrogen) atoms. The lowest BCUT2D eigenvalue weighted by Gasteiger charge is -2.23. The highest BCUT2D eigenvalue weighted by Gasteiger charge is 2.14. The normalized spacial score (nSPS) is 21.9. The van der Waals surface area contributed by atoms with Crippen molar-refractivity contribution >= 4 is 17.7 Å². The molecule has 0 aromatic rings. The highest BCUT2D eigenvalue weighted by atomic mass is 32.2. The summed E-state index contributed by atoms with van der Waals surface area (Å²) in [6, 6.07) is 0.496. The number of hydrazine groups is 1. The van der Waals surface area contributed by atoms with Crippen LogP contribution in [0.3, 0.4) is 0 Å². The smallest absolute Gasteiger partial charge is 0.205 e. The van der Waals surface area contributed by atoms with Crippen molar-refractivity contribution in [1.82, 2.24) is 10.7 Å². The molecule has 0 aromatic heterocycles. The third-order valence-electron chi connectivity index (χ3n) is 2.41. The molecule has 6 heteroatoms. The molecule has 1 atom stereocenters. The molecule has 5 nitrogen and oxygen atoms in total. The molecule has 1 unspecified atom stereocenters. The number of ether oxygens (including phenoxy) is 1. The van der Waals surface area contributed by atoms with E-state index >= 15 is 0 Å². The van der Waals surface area contributed by atoms with Crippen molar-refractivity contribution in [3.8, 4) is 0 Å². The summed E-state index contributed by atoms with van der Waals surface area (Å²) in [5.74, 6) is 8.53. The monoisotopic (exact) mass is 246 g/mol. The lowest BCUT2D eigenvalue weighted by Crippen LogP contribution is -2.48. The lowest BCUT2D eigenvalue weighted by atomic mass is 10.2. The Balaban J connectivity index is 2.23. The van der Waals surface area contributed by atoms with Gasteiger partial charge < -0.3 is 10.1 Å². The van der Waals surface area contributed by atoms with Gasteiger partial charge in [0.25, 0.3) is 0 Å². The number of nitrogens with two attached hydrogens (primary N) is 1. The van der Waals surface area contributed by atoms with E-state index in [4.69, 9.17) is 10.6 Å². The van der Waals surface area contributed by atoms with Gasteiger partial charge in [0, 0.05) is 32.1 Å². The molecule has 0 aromatic carbocycles. The summed E-state index contributed by atoms with van der Waals surface area (Å²) in [5.41, 5.74) is 2.62. The van der Waals surface area contributed by atoms with Gasteiger partial charge in [0.15, 0.2) is 0 Å². The Labute approximate surface area is 102 Å². The molecular formula is C10H22N4OS. The predicted octanol–water partition coefficient (Wildman–Crippen LogP) is 0.327. The first-order valence-electron chi connectivity index (χ1n) is 5.71. The number of guanidine groups is 1. The highest BCUT2D eigenvalue weighted by Crippen LogP contribution is 2.16. The average Bonchev–Trinajstić information content (AvgIpc) is 2.34. The molecule has 4 N–H and O–H groups in total. The molecule has 1 aliphatic rings. The van der Waals surface area contributed by atoms with Gasteiger partial charge in [-0.05, 0) is 25.0 Å². The molecule has 0 amide bonds. The number of nitrogens with one attached hydrogen (secondary N) is 2. The summed E-state index contributed by atoms with van der Waals surface area (Å²) >= 11 is 1.98.